The molecule has 2 rings (SSSR count). The standard InChI is InChI=1S/C15H21N3/c1-12(2)13(3)17-15-7-4-6-14(10-15)11-18-9-5-8-16-18/h4-10,12-13,17H,11H2,1-3H3. The van der Waals surface area contributed by atoms with E-state index >= 15 is 0 Å². The lowest BCUT2D eigenvalue weighted by atomic mass is 10.1. The summed E-state index contributed by atoms with van der Waals surface area (Å²) < 4.78 is 1.94. The predicted molar refractivity (Wildman–Crippen MR) is 75.7 cm³/mol. The molecule has 0 aliphatic heterocycles. The third-order valence-corrected chi connectivity index (χ3v) is 3.23. The summed E-state index contributed by atoms with van der Waals surface area (Å²) in [6.45, 7) is 7.49. The SMILES string of the molecule is CC(C)C(C)Nc1cccc(Cn2cccn2)c1. The van der Waals surface area contributed by atoms with Gasteiger partial charge in [-0.1, -0.05) is 26.0 Å². The van der Waals surface area contributed by atoms with Crippen LogP contribution in [0.15, 0.2) is 42.7 Å². The maximum atomic E-state index is 4.23. The molecule has 3 heteroatoms. The number of hydrogen-bond acceptors (Lipinski definition) is 2. The second-order valence-electron chi connectivity index (χ2n) is 5.08. The first-order valence-electron chi connectivity index (χ1n) is 6.48. The second-order valence-corrected chi connectivity index (χ2v) is 5.08. The van der Waals surface area contributed by atoms with Gasteiger partial charge in [0.05, 0.1) is 6.54 Å². The van der Waals surface area contributed by atoms with Crippen molar-refractivity contribution in [2.75, 3.05) is 5.32 Å². The van der Waals surface area contributed by atoms with Gasteiger partial charge in [-0.05, 0) is 36.6 Å². The number of anilines is 1. The monoisotopic (exact) mass is 243 g/mol. The summed E-state index contributed by atoms with van der Waals surface area (Å²) in [4.78, 5) is 0. The van der Waals surface area contributed by atoms with Crippen molar-refractivity contribution in [1.82, 2.24) is 9.78 Å². The zero-order valence-corrected chi connectivity index (χ0v) is 11.3. The lowest BCUT2D eigenvalue weighted by molar-refractivity contribution is 0.560. The molecule has 1 heterocycles. The van der Waals surface area contributed by atoms with Gasteiger partial charge in [0.2, 0.25) is 0 Å². The van der Waals surface area contributed by atoms with Crippen molar-refractivity contribution >= 4 is 5.69 Å². The van der Waals surface area contributed by atoms with E-state index in [1.54, 1.807) is 0 Å². The molecular formula is C15H21N3. The summed E-state index contributed by atoms with van der Waals surface area (Å²) >= 11 is 0. The fraction of sp³-hybridized carbons (Fsp3) is 0.400. The maximum absolute atomic E-state index is 4.23. The molecule has 1 aromatic carbocycles. The molecule has 0 saturated heterocycles. The van der Waals surface area contributed by atoms with Crippen LogP contribution in [0.2, 0.25) is 0 Å². The van der Waals surface area contributed by atoms with Crippen LogP contribution in [0.4, 0.5) is 5.69 Å². The second kappa shape index (κ2) is 5.71. The van der Waals surface area contributed by atoms with Crippen molar-refractivity contribution in [3.63, 3.8) is 0 Å². The highest BCUT2D eigenvalue weighted by atomic mass is 15.3. The molecule has 0 aliphatic rings. The molecule has 1 atom stereocenters. The first kappa shape index (κ1) is 12.7. The molecule has 0 spiro atoms. The Labute approximate surface area is 109 Å². The Morgan fingerprint density at radius 3 is 2.72 bits per heavy atom. The lowest BCUT2D eigenvalue weighted by Gasteiger charge is -2.19. The van der Waals surface area contributed by atoms with E-state index < -0.39 is 0 Å². The molecule has 3 nitrogen and oxygen atoms in total. The molecule has 96 valence electrons. The number of benzene rings is 1. The molecule has 18 heavy (non-hydrogen) atoms. The van der Waals surface area contributed by atoms with E-state index in [-0.39, 0.29) is 0 Å². The van der Waals surface area contributed by atoms with Crippen molar-refractivity contribution < 1.29 is 0 Å². The number of rotatable bonds is 5. The summed E-state index contributed by atoms with van der Waals surface area (Å²) in [6, 6.07) is 11.0. The molecule has 1 N–H and O–H groups in total. The molecule has 1 aromatic heterocycles. The van der Waals surface area contributed by atoms with Crippen LogP contribution in [0.3, 0.4) is 0 Å². The third kappa shape index (κ3) is 3.36. The lowest BCUT2D eigenvalue weighted by Crippen LogP contribution is -2.21. The number of nitrogens with one attached hydrogen (secondary N) is 1. The van der Waals surface area contributed by atoms with Crippen LogP contribution in [0, 0.1) is 5.92 Å². The Bertz CT molecular complexity index is 474. The fourth-order valence-electron chi connectivity index (χ4n) is 1.77. The Hall–Kier alpha value is -1.77. The first-order valence-corrected chi connectivity index (χ1v) is 6.48. The molecule has 0 radical (unpaired) electrons. The highest BCUT2D eigenvalue weighted by Gasteiger charge is 2.06. The minimum Gasteiger partial charge on any atom is -0.382 e. The van der Waals surface area contributed by atoms with Crippen molar-refractivity contribution in [2.24, 2.45) is 5.92 Å². The summed E-state index contributed by atoms with van der Waals surface area (Å²) in [5.41, 5.74) is 2.44. The zero-order chi connectivity index (χ0) is 13.0. The molecule has 0 bridgehead atoms. The Morgan fingerprint density at radius 1 is 1.22 bits per heavy atom. The summed E-state index contributed by atoms with van der Waals surface area (Å²) in [5, 5.41) is 7.76. The minimum atomic E-state index is 0.477. The topological polar surface area (TPSA) is 29.9 Å². The molecule has 0 aliphatic carbocycles. The van der Waals surface area contributed by atoms with E-state index in [2.05, 4.69) is 55.5 Å². The van der Waals surface area contributed by atoms with Crippen LogP contribution >= 0.6 is 0 Å². The quantitative estimate of drug-likeness (QED) is 0.872. The van der Waals surface area contributed by atoms with E-state index in [1.807, 2.05) is 23.1 Å². The van der Waals surface area contributed by atoms with Gasteiger partial charge >= 0.3 is 0 Å². The number of aromatic nitrogens is 2. The van der Waals surface area contributed by atoms with E-state index in [0.717, 1.165) is 6.54 Å². The maximum Gasteiger partial charge on any atom is 0.0660 e. The van der Waals surface area contributed by atoms with Crippen molar-refractivity contribution in [1.29, 1.82) is 0 Å². The zero-order valence-electron chi connectivity index (χ0n) is 11.3. The van der Waals surface area contributed by atoms with Crippen molar-refractivity contribution in [2.45, 2.75) is 33.4 Å². The largest absolute Gasteiger partial charge is 0.382 e. The summed E-state index contributed by atoms with van der Waals surface area (Å²) in [6.07, 6.45) is 3.79. The van der Waals surface area contributed by atoms with Crippen LogP contribution in [0.25, 0.3) is 0 Å². The van der Waals surface area contributed by atoms with E-state index in [0.29, 0.717) is 12.0 Å². The van der Waals surface area contributed by atoms with Crippen LogP contribution in [-0.2, 0) is 6.54 Å². The van der Waals surface area contributed by atoms with Gasteiger partial charge in [-0.25, -0.2) is 0 Å². The average Bonchev–Trinajstić information content (AvgIpc) is 2.82. The van der Waals surface area contributed by atoms with Gasteiger partial charge < -0.3 is 5.32 Å². The smallest absolute Gasteiger partial charge is 0.0660 e. The Morgan fingerprint density at radius 2 is 2.06 bits per heavy atom. The normalized spacial score (nSPS) is 12.7. The number of hydrogen-bond donors (Lipinski definition) is 1. The van der Waals surface area contributed by atoms with Gasteiger partial charge in [-0.15, -0.1) is 0 Å². The highest BCUT2D eigenvalue weighted by molar-refractivity contribution is 5.46. The van der Waals surface area contributed by atoms with Gasteiger partial charge in [0.25, 0.3) is 0 Å². The fourth-order valence-corrected chi connectivity index (χ4v) is 1.77. The van der Waals surface area contributed by atoms with Crippen molar-refractivity contribution in [3.05, 3.63) is 48.3 Å². The molecule has 0 saturated carbocycles. The Kier molecular flexibility index (Phi) is 4.03. The Balaban J connectivity index is 2.05. The van der Waals surface area contributed by atoms with Crippen molar-refractivity contribution in [3.8, 4) is 0 Å². The summed E-state index contributed by atoms with van der Waals surface area (Å²) in [7, 11) is 0. The van der Waals surface area contributed by atoms with Gasteiger partial charge in [0, 0.05) is 24.1 Å². The number of nitrogens with zero attached hydrogens (tertiary/aromatic N) is 2. The molecule has 0 fully saturated rings. The molecule has 0 amide bonds. The van der Waals surface area contributed by atoms with Crippen LogP contribution in [0.5, 0.6) is 0 Å². The van der Waals surface area contributed by atoms with Gasteiger partial charge in [-0.3, -0.25) is 4.68 Å². The molecule has 1 unspecified atom stereocenters. The predicted octanol–water partition coefficient (Wildman–Crippen LogP) is 3.39. The minimum absolute atomic E-state index is 0.477. The van der Waals surface area contributed by atoms with Crippen LogP contribution in [0.1, 0.15) is 26.3 Å². The van der Waals surface area contributed by atoms with E-state index in [1.165, 1.54) is 11.3 Å². The summed E-state index contributed by atoms with van der Waals surface area (Å²) in [5.74, 6) is 0.625. The highest BCUT2D eigenvalue weighted by Crippen LogP contribution is 2.15. The van der Waals surface area contributed by atoms with Gasteiger partial charge in [-0.2, -0.15) is 5.10 Å². The van der Waals surface area contributed by atoms with Crippen LogP contribution < -0.4 is 5.32 Å². The van der Waals surface area contributed by atoms with E-state index in [4.69, 9.17) is 0 Å². The molecule has 2 aromatic rings. The van der Waals surface area contributed by atoms with Gasteiger partial charge in [0.15, 0.2) is 0 Å². The average molecular weight is 243 g/mol. The van der Waals surface area contributed by atoms with Gasteiger partial charge in [0.1, 0.15) is 0 Å². The first-order chi connectivity index (χ1) is 8.65. The molecular weight excluding hydrogens is 222 g/mol. The van der Waals surface area contributed by atoms with E-state index in [9.17, 15) is 0 Å². The third-order valence-electron chi connectivity index (χ3n) is 3.23. The van der Waals surface area contributed by atoms with Crippen LogP contribution in [-0.4, -0.2) is 15.8 Å².